The monoisotopic (exact) mass is 439 g/mol. The Kier molecular flexibility index (Phi) is 5.24. The molecule has 4 rings (SSSR count). The molecule has 0 radical (unpaired) electrons. The molecule has 3 aromatic carbocycles. The third-order valence-corrected chi connectivity index (χ3v) is 6.73. The summed E-state index contributed by atoms with van der Waals surface area (Å²) in [5, 5.41) is 9.49. The lowest BCUT2D eigenvalue weighted by molar-refractivity contribution is -0.136. The first-order valence-corrected chi connectivity index (χ1v) is 10.8. The van der Waals surface area contributed by atoms with E-state index in [-0.39, 0.29) is 27.1 Å². The van der Waals surface area contributed by atoms with E-state index in [1.54, 1.807) is 24.3 Å². The Labute approximate surface area is 178 Å². The number of rotatable bonds is 6. The van der Waals surface area contributed by atoms with Crippen molar-refractivity contribution in [2.24, 2.45) is 0 Å². The Balaban J connectivity index is 1.78. The maximum Gasteiger partial charge on any atom is 0.307 e. The molecule has 1 N–H and O–H groups in total. The van der Waals surface area contributed by atoms with Crippen LogP contribution in [0, 0.1) is 12.7 Å². The van der Waals surface area contributed by atoms with Crippen molar-refractivity contribution in [1.82, 2.24) is 3.97 Å². The maximum absolute atomic E-state index is 13.8. The molecule has 0 aliphatic rings. The molecule has 0 saturated heterocycles. The fourth-order valence-corrected chi connectivity index (χ4v) is 5.10. The van der Waals surface area contributed by atoms with Gasteiger partial charge in [0.15, 0.2) is 0 Å². The zero-order valence-electron chi connectivity index (χ0n) is 16.4. The number of halogens is 1. The van der Waals surface area contributed by atoms with Crippen molar-refractivity contribution in [3.05, 3.63) is 89.9 Å². The average Bonchev–Trinajstić information content (AvgIpc) is 3.00. The van der Waals surface area contributed by atoms with Crippen LogP contribution in [0.1, 0.15) is 11.3 Å². The molecule has 1 aromatic heterocycles. The molecular weight excluding hydrogens is 421 g/mol. The lowest BCUT2D eigenvalue weighted by Gasteiger charge is -2.11. The number of carboxylic acid groups (broad SMARTS) is 1. The minimum atomic E-state index is -4.07. The standard InChI is InChI=1S/C23H18FNO5S/c1-15-20(14-23(26)27)21-13-16(24)7-12-22(21)25(15)31(28,29)19-10-8-18(9-11-19)30-17-5-3-2-4-6-17/h2-13H,14H2,1H3,(H,26,27). The lowest BCUT2D eigenvalue weighted by Crippen LogP contribution is -2.15. The van der Waals surface area contributed by atoms with Crippen molar-refractivity contribution < 1.29 is 27.4 Å². The van der Waals surface area contributed by atoms with Crippen molar-refractivity contribution in [3.8, 4) is 11.5 Å². The van der Waals surface area contributed by atoms with Crippen molar-refractivity contribution in [2.75, 3.05) is 0 Å². The van der Waals surface area contributed by atoms with E-state index in [2.05, 4.69) is 0 Å². The molecule has 0 atom stereocenters. The Hall–Kier alpha value is -3.65. The van der Waals surface area contributed by atoms with Crippen LogP contribution in [0.3, 0.4) is 0 Å². The zero-order valence-corrected chi connectivity index (χ0v) is 17.3. The van der Waals surface area contributed by atoms with Gasteiger partial charge in [-0.1, -0.05) is 18.2 Å². The van der Waals surface area contributed by atoms with E-state index in [1.165, 1.54) is 25.1 Å². The summed E-state index contributed by atoms with van der Waals surface area (Å²) in [7, 11) is -4.07. The number of carbonyl (C=O) groups is 1. The van der Waals surface area contributed by atoms with Gasteiger partial charge >= 0.3 is 5.97 Å². The molecule has 158 valence electrons. The summed E-state index contributed by atoms with van der Waals surface area (Å²) in [4.78, 5) is 11.3. The van der Waals surface area contributed by atoms with Crippen LogP contribution in [0.4, 0.5) is 4.39 Å². The summed E-state index contributed by atoms with van der Waals surface area (Å²) < 4.78 is 47.4. The van der Waals surface area contributed by atoms with Crippen molar-refractivity contribution >= 4 is 26.9 Å². The van der Waals surface area contributed by atoms with E-state index in [1.807, 2.05) is 18.2 Å². The van der Waals surface area contributed by atoms with Gasteiger partial charge in [0, 0.05) is 11.1 Å². The van der Waals surface area contributed by atoms with Gasteiger partial charge in [0.1, 0.15) is 17.3 Å². The molecule has 0 spiro atoms. The molecule has 0 aliphatic carbocycles. The number of hydrogen-bond acceptors (Lipinski definition) is 4. The molecule has 0 fully saturated rings. The summed E-state index contributed by atoms with van der Waals surface area (Å²) in [6.45, 7) is 1.51. The van der Waals surface area contributed by atoms with E-state index in [9.17, 15) is 22.7 Å². The van der Waals surface area contributed by atoms with Crippen LogP contribution < -0.4 is 4.74 Å². The third kappa shape index (κ3) is 3.89. The smallest absolute Gasteiger partial charge is 0.307 e. The van der Waals surface area contributed by atoms with Crippen LogP contribution in [-0.4, -0.2) is 23.5 Å². The summed E-state index contributed by atoms with van der Waals surface area (Å²) in [6, 6.07) is 18.6. The average molecular weight is 439 g/mol. The zero-order chi connectivity index (χ0) is 22.2. The predicted octanol–water partition coefficient (Wildman–Crippen LogP) is 4.75. The Bertz CT molecular complexity index is 1380. The van der Waals surface area contributed by atoms with Gasteiger partial charge in [-0.05, 0) is 67.1 Å². The number of ether oxygens (including phenoxy) is 1. The minimum Gasteiger partial charge on any atom is -0.481 e. The van der Waals surface area contributed by atoms with Crippen LogP contribution >= 0.6 is 0 Å². The molecule has 4 aromatic rings. The predicted molar refractivity (Wildman–Crippen MR) is 114 cm³/mol. The number of fused-ring (bicyclic) bond motifs is 1. The molecular formula is C23H18FNO5S. The molecule has 6 nitrogen and oxygen atoms in total. The number of benzene rings is 3. The Morgan fingerprint density at radius 3 is 2.29 bits per heavy atom. The molecule has 0 saturated carbocycles. The van der Waals surface area contributed by atoms with Crippen LogP contribution in [0.25, 0.3) is 10.9 Å². The van der Waals surface area contributed by atoms with E-state index < -0.39 is 28.2 Å². The Morgan fingerprint density at radius 2 is 1.65 bits per heavy atom. The van der Waals surface area contributed by atoms with Crippen molar-refractivity contribution in [3.63, 3.8) is 0 Å². The second-order valence-electron chi connectivity index (χ2n) is 6.95. The van der Waals surface area contributed by atoms with Crippen LogP contribution in [-0.2, 0) is 21.2 Å². The van der Waals surface area contributed by atoms with E-state index in [0.29, 0.717) is 11.5 Å². The molecule has 8 heteroatoms. The van der Waals surface area contributed by atoms with Gasteiger partial charge in [0.05, 0.1) is 16.8 Å². The normalized spacial score (nSPS) is 11.5. The largest absolute Gasteiger partial charge is 0.481 e. The van der Waals surface area contributed by atoms with E-state index in [0.717, 1.165) is 16.1 Å². The van der Waals surface area contributed by atoms with Crippen molar-refractivity contribution in [1.29, 1.82) is 0 Å². The first-order chi connectivity index (χ1) is 14.8. The second-order valence-corrected chi connectivity index (χ2v) is 8.74. The first-order valence-electron chi connectivity index (χ1n) is 9.37. The first kappa shape index (κ1) is 20.6. The van der Waals surface area contributed by atoms with Gasteiger partial charge < -0.3 is 9.84 Å². The number of aromatic nitrogens is 1. The van der Waals surface area contributed by atoms with Crippen LogP contribution in [0.15, 0.2) is 77.7 Å². The SMILES string of the molecule is Cc1c(CC(=O)O)c2cc(F)ccc2n1S(=O)(=O)c1ccc(Oc2ccccc2)cc1. The van der Waals surface area contributed by atoms with Crippen LogP contribution in [0.2, 0.25) is 0 Å². The lowest BCUT2D eigenvalue weighted by atomic mass is 10.1. The van der Waals surface area contributed by atoms with Gasteiger partial charge in [-0.2, -0.15) is 0 Å². The topological polar surface area (TPSA) is 85.6 Å². The number of para-hydroxylation sites is 1. The highest BCUT2D eigenvalue weighted by Crippen LogP contribution is 2.32. The number of aliphatic carboxylic acids is 1. The second kappa shape index (κ2) is 7.88. The molecule has 0 amide bonds. The summed E-state index contributed by atoms with van der Waals surface area (Å²) in [6.07, 6.45) is -0.418. The summed E-state index contributed by atoms with van der Waals surface area (Å²) >= 11 is 0. The number of carboxylic acids is 1. The van der Waals surface area contributed by atoms with Gasteiger partial charge in [0.2, 0.25) is 0 Å². The maximum atomic E-state index is 13.8. The fraction of sp³-hybridized carbons (Fsp3) is 0.0870. The van der Waals surface area contributed by atoms with Crippen molar-refractivity contribution in [2.45, 2.75) is 18.2 Å². The molecule has 0 bridgehead atoms. The van der Waals surface area contributed by atoms with Gasteiger partial charge in [-0.25, -0.2) is 16.8 Å². The summed E-state index contributed by atoms with van der Waals surface area (Å²) in [5.41, 5.74) is 0.710. The van der Waals surface area contributed by atoms with Gasteiger partial charge in [0.25, 0.3) is 10.0 Å². The van der Waals surface area contributed by atoms with Gasteiger partial charge in [-0.15, -0.1) is 0 Å². The number of nitrogens with zero attached hydrogens (tertiary/aromatic N) is 1. The highest BCUT2D eigenvalue weighted by atomic mass is 32.2. The van der Waals surface area contributed by atoms with E-state index in [4.69, 9.17) is 4.74 Å². The molecule has 31 heavy (non-hydrogen) atoms. The quantitative estimate of drug-likeness (QED) is 0.469. The minimum absolute atomic E-state index is 0.000823. The molecule has 0 aliphatic heterocycles. The highest BCUT2D eigenvalue weighted by Gasteiger charge is 2.26. The Morgan fingerprint density at radius 1 is 1.00 bits per heavy atom. The summed E-state index contributed by atoms with van der Waals surface area (Å²) in [5.74, 6) is -0.624. The van der Waals surface area contributed by atoms with Crippen LogP contribution in [0.5, 0.6) is 11.5 Å². The highest BCUT2D eigenvalue weighted by molar-refractivity contribution is 7.90. The third-order valence-electron chi connectivity index (χ3n) is 4.91. The number of hydrogen-bond donors (Lipinski definition) is 1. The molecule has 0 unspecified atom stereocenters. The fourth-order valence-electron chi connectivity index (χ4n) is 3.52. The van der Waals surface area contributed by atoms with Gasteiger partial charge in [-0.3, -0.25) is 4.79 Å². The molecule has 1 heterocycles. The van der Waals surface area contributed by atoms with E-state index >= 15 is 0 Å².